The van der Waals surface area contributed by atoms with Crippen molar-refractivity contribution in [1.29, 1.82) is 0 Å². The summed E-state index contributed by atoms with van der Waals surface area (Å²) in [6.07, 6.45) is 2.71. The molecule has 0 aliphatic heterocycles. The molecule has 0 aromatic carbocycles. The molecule has 3 nitrogen and oxygen atoms in total. The van der Waals surface area contributed by atoms with Crippen molar-refractivity contribution in [1.82, 2.24) is 5.32 Å². The Balaban J connectivity index is 4.80. The zero-order chi connectivity index (χ0) is 16.8. The number of nitrogens with one attached hydrogen (secondary N) is 1. The van der Waals surface area contributed by atoms with Crippen LogP contribution >= 0.6 is 0 Å². The summed E-state index contributed by atoms with van der Waals surface area (Å²) in [5.41, 5.74) is 0. The number of hydrogen-bond donors (Lipinski definition) is 2. The molecule has 0 aromatic rings. The number of aliphatic hydroxyl groups excluding tert-OH is 1. The van der Waals surface area contributed by atoms with Crippen molar-refractivity contribution in [3.8, 4) is 0 Å². The van der Waals surface area contributed by atoms with E-state index in [0.717, 1.165) is 6.42 Å². The van der Waals surface area contributed by atoms with Gasteiger partial charge in [-0.05, 0) is 30.5 Å². The minimum atomic E-state index is -1.89. The third-order valence-corrected chi connectivity index (χ3v) is 8.55. The Morgan fingerprint density at radius 1 is 1.33 bits per heavy atom. The van der Waals surface area contributed by atoms with Crippen molar-refractivity contribution >= 4 is 8.32 Å². The molecule has 0 fully saturated rings. The van der Waals surface area contributed by atoms with Crippen LogP contribution in [0.5, 0.6) is 0 Å². The summed E-state index contributed by atoms with van der Waals surface area (Å²) in [5, 5.41) is 13.0. The normalized spacial score (nSPS) is 15.7. The first-order chi connectivity index (χ1) is 9.44. The largest absolute Gasteiger partial charge is 0.545 e. The van der Waals surface area contributed by atoms with E-state index in [-0.39, 0.29) is 23.7 Å². The van der Waals surface area contributed by atoms with Crippen molar-refractivity contribution < 1.29 is 9.53 Å². The maximum atomic E-state index is 9.50. The summed E-state index contributed by atoms with van der Waals surface area (Å²) in [6.45, 7) is 23.4. The van der Waals surface area contributed by atoms with Gasteiger partial charge in [-0.3, -0.25) is 5.32 Å². The van der Waals surface area contributed by atoms with E-state index in [1.165, 1.54) is 0 Å². The molecule has 0 radical (unpaired) electrons. The van der Waals surface area contributed by atoms with Gasteiger partial charge in [0, 0.05) is 6.04 Å². The van der Waals surface area contributed by atoms with E-state index in [9.17, 15) is 5.11 Å². The van der Waals surface area contributed by atoms with Gasteiger partial charge in [-0.2, -0.15) is 0 Å². The zero-order valence-electron chi connectivity index (χ0n) is 15.0. The van der Waals surface area contributed by atoms with Crippen LogP contribution in [-0.4, -0.2) is 32.1 Å². The summed E-state index contributed by atoms with van der Waals surface area (Å²) >= 11 is 0. The van der Waals surface area contributed by atoms with Crippen LogP contribution in [0.15, 0.2) is 25.0 Å². The molecule has 0 spiro atoms. The lowest BCUT2D eigenvalue weighted by molar-refractivity contribution is 0.214. The summed E-state index contributed by atoms with van der Waals surface area (Å²) in [7, 11) is -1.89. The van der Waals surface area contributed by atoms with Crippen molar-refractivity contribution in [2.24, 2.45) is 5.92 Å². The highest BCUT2D eigenvalue weighted by molar-refractivity contribution is 6.74. The molecule has 0 aliphatic carbocycles. The van der Waals surface area contributed by atoms with E-state index in [1.54, 1.807) is 6.08 Å². The molecule has 0 rings (SSSR count). The predicted molar refractivity (Wildman–Crippen MR) is 94.9 cm³/mol. The smallest absolute Gasteiger partial charge is 0.250 e. The van der Waals surface area contributed by atoms with Crippen LogP contribution in [0.2, 0.25) is 18.1 Å². The Bertz CT molecular complexity index is 345. The van der Waals surface area contributed by atoms with Gasteiger partial charge in [0.15, 0.2) is 0 Å². The molecule has 0 bridgehead atoms. The highest BCUT2D eigenvalue weighted by Gasteiger charge is 2.39. The number of aliphatic hydroxyl groups is 1. The van der Waals surface area contributed by atoms with Gasteiger partial charge in [-0.15, -0.1) is 6.58 Å². The number of hydrogen-bond acceptors (Lipinski definition) is 3. The monoisotopic (exact) mass is 313 g/mol. The lowest BCUT2D eigenvalue weighted by Gasteiger charge is -2.39. The van der Waals surface area contributed by atoms with Crippen LogP contribution < -0.4 is 5.32 Å². The highest BCUT2D eigenvalue weighted by Crippen LogP contribution is 2.38. The van der Waals surface area contributed by atoms with E-state index in [0.29, 0.717) is 11.7 Å². The van der Waals surface area contributed by atoms with Gasteiger partial charge < -0.3 is 9.53 Å². The minimum Gasteiger partial charge on any atom is -0.545 e. The fraction of sp³-hybridized carbons (Fsp3) is 0.765. The number of rotatable bonds is 9. The molecular weight excluding hydrogens is 278 g/mol. The van der Waals surface area contributed by atoms with E-state index >= 15 is 0 Å². The van der Waals surface area contributed by atoms with E-state index in [1.807, 2.05) is 0 Å². The van der Waals surface area contributed by atoms with Gasteiger partial charge >= 0.3 is 0 Å². The quantitative estimate of drug-likeness (QED) is 0.383. The minimum absolute atomic E-state index is 0.0350. The summed E-state index contributed by atoms with van der Waals surface area (Å²) in [5.74, 6) is 1.23. The second kappa shape index (κ2) is 8.16. The lowest BCUT2D eigenvalue weighted by atomic mass is 10.0. The Morgan fingerprint density at radius 2 is 1.86 bits per heavy atom. The van der Waals surface area contributed by atoms with Crippen LogP contribution in [0.25, 0.3) is 0 Å². The van der Waals surface area contributed by atoms with Gasteiger partial charge in [-0.25, -0.2) is 0 Å². The van der Waals surface area contributed by atoms with Gasteiger partial charge in [-0.1, -0.05) is 47.3 Å². The SMILES string of the molecule is C=C[C@H](N[C@H](CO)CC(C)C)C(=C)O[Si](C)(C)C(C)(C)C. The van der Waals surface area contributed by atoms with E-state index in [2.05, 4.69) is 66.2 Å². The van der Waals surface area contributed by atoms with Gasteiger partial charge in [0.1, 0.15) is 0 Å². The molecule has 0 unspecified atom stereocenters. The zero-order valence-corrected chi connectivity index (χ0v) is 16.0. The molecule has 0 heterocycles. The van der Waals surface area contributed by atoms with Crippen LogP contribution in [0, 0.1) is 5.92 Å². The van der Waals surface area contributed by atoms with Crippen molar-refractivity contribution in [2.75, 3.05) is 6.61 Å². The van der Waals surface area contributed by atoms with Gasteiger partial charge in [0.25, 0.3) is 0 Å². The molecule has 0 saturated heterocycles. The second-order valence-corrected chi connectivity index (χ2v) is 12.4. The molecule has 2 atom stereocenters. The van der Waals surface area contributed by atoms with Crippen LogP contribution in [0.1, 0.15) is 41.0 Å². The standard InChI is InChI=1S/C17H35NO2Si/c1-10-16(18-15(12-19)11-13(2)3)14(4)20-21(8,9)17(5,6)7/h10,13,15-16,18-19H,1,4,11-12H2,2-3,5-9H3/t15-,16-/m0/s1. The molecular formula is C17H35NO2Si. The highest BCUT2D eigenvalue weighted by atomic mass is 28.4. The molecule has 0 amide bonds. The summed E-state index contributed by atoms with van der Waals surface area (Å²) < 4.78 is 6.23. The molecule has 0 aromatic heterocycles. The van der Waals surface area contributed by atoms with Crippen molar-refractivity contribution in [3.05, 3.63) is 25.0 Å². The summed E-state index contributed by atoms with van der Waals surface area (Å²) in [4.78, 5) is 0. The molecule has 2 N–H and O–H groups in total. The molecule has 124 valence electrons. The fourth-order valence-electron chi connectivity index (χ4n) is 1.85. The van der Waals surface area contributed by atoms with Gasteiger partial charge in [0.05, 0.1) is 18.4 Å². The second-order valence-electron chi connectivity index (χ2n) is 7.72. The van der Waals surface area contributed by atoms with E-state index < -0.39 is 8.32 Å². The first kappa shape index (κ1) is 20.4. The first-order valence-electron chi connectivity index (χ1n) is 7.82. The first-order valence-corrected chi connectivity index (χ1v) is 10.7. The fourth-order valence-corrected chi connectivity index (χ4v) is 2.94. The van der Waals surface area contributed by atoms with Crippen LogP contribution in [0.3, 0.4) is 0 Å². The third-order valence-electron chi connectivity index (χ3n) is 4.17. The average Bonchev–Trinajstić information content (AvgIpc) is 2.31. The maximum absolute atomic E-state index is 9.50. The topological polar surface area (TPSA) is 41.5 Å². The Labute approximate surface area is 132 Å². The van der Waals surface area contributed by atoms with Crippen LogP contribution in [-0.2, 0) is 4.43 Å². The lowest BCUT2D eigenvalue weighted by Crippen LogP contribution is -2.46. The molecule has 0 saturated carbocycles. The van der Waals surface area contributed by atoms with Crippen molar-refractivity contribution in [2.45, 2.75) is 71.3 Å². The predicted octanol–water partition coefficient (Wildman–Crippen LogP) is 4.07. The summed E-state index contributed by atoms with van der Waals surface area (Å²) in [6, 6.07) is -0.0946. The Morgan fingerprint density at radius 3 is 2.19 bits per heavy atom. The maximum Gasteiger partial charge on any atom is 0.250 e. The Kier molecular flexibility index (Phi) is 7.93. The van der Waals surface area contributed by atoms with Gasteiger partial charge in [0.2, 0.25) is 8.32 Å². The van der Waals surface area contributed by atoms with Crippen LogP contribution in [0.4, 0.5) is 0 Å². The van der Waals surface area contributed by atoms with Crippen molar-refractivity contribution in [3.63, 3.8) is 0 Å². The van der Waals surface area contributed by atoms with E-state index in [4.69, 9.17) is 4.43 Å². The third kappa shape index (κ3) is 6.81. The Hall–Kier alpha value is -0.583. The molecule has 4 heteroatoms. The average molecular weight is 314 g/mol. The molecule has 0 aliphatic rings. The molecule has 21 heavy (non-hydrogen) atoms.